The summed E-state index contributed by atoms with van der Waals surface area (Å²) in [5.41, 5.74) is 2.70. The molecule has 0 radical (unpaired) electrons. The summed E-state index contributed by atoms with van der Waals surface area (Å²) in [4.78, 5) is 12.9. The number of unbranched alkanes of at least 4 members (excludes halogenated alkanes) is 3. The van der Waals surface area contributed by atoms with E-state index in [4.69, 9.17) is 9.47 Å². The highest BCUT2D eigenvalue weighted by Gasteiger charge is 2.47. The number of hydrogen-bond acceptors (Lipinski definition) is 6. The van der Waals surface area contributed by atoms with Crippen LogP contribution >= 0.6 is 0 Å². The number of hydrogen-bond donors (Lipinski definition) is 2. The lowest BCUT2D eigenvalue weighted by Gasteiger charge is -2.48. The molecule has 4 rings (SSSR count). The number of rotatable bonds is 12. The van der Waals surface area contributed by atoms with Crippen molar-refractivity contribution in [1.29, 1.82) is 0 Å². The average molecular weight is 542 g/mol. The Kier molecular flexibility index (Phi) is 9.69. The predicted octanol–water partition coefficient (Wildman–Crippen LogP) is 6.48. The summed E-state index contributed by atoms with van der Waals surface area (Å²) in [6.07, 6.45) is 11.3. The number of β-amino-alcohol motifs (C(OH)–C–C–N with tert-alkyl or cyclic N) is 1. The molecule has 0 saturated carbocycles. The number of carbonyl (C=O) groups is 1. The van der Waals surface area contributed by atoms with Gasteiger partial charge in [0, 0.05) is 36.4 Å². The molecule has 3 aliphatic rings. The first-order chi connectivity index (χ1) is 18.6. The summed E-state index contributed by atoms with van der Waals surface area (Å²) in [6, 6.07) is 4.15. The van der Waals surface area contributed by atoms with E-state index in [-0.39, 0.29) is 22.9 Å². The van der Waals surface area contributed by atoms with Gasteiger partial charge in [-0.2, -0.15) is 0 Å². The maximum Gasteiger partial charge on any atom is 0.293 e. The molecular weight excluding hydrogens is 490 g/mol. The molecule has 2 heterocycles. The topological polar surface area (TPSA) is 79.2 Å². The molecule has 0 spiro atoms. The number of ether oxygens (including phenoxy) is 2. The Morgan fingerprint density at radius 1 is 1.26 bits per heavy atom. The molecule has 218 valence electrons. The first-order valence-electron chi connectivity index (χ1n) is 15.3. The number of aliphatic hydroxyl groups excluding tert-OH is 1. The van der Waals surface area contributed by atoms with E-state index in [0.29, 0.717) is 31.3 Å². The minimum atomic E-state index is -0.547. The van der Waals surface area contributed by atoms with E-state index in [9.17, 15) is 15.0 Å². The van der Waals surface area contributed by atoms with Crippen LogP contribution in [0.3, 0.4) is 0 Å². The number of carbonyl (C=O) groups excluding carboxylic acids is 1. The van der Waals surface area contributed by atoms with Crippen molar-refractivity contribution in [2.45, 2.75) is 115 Å². The van der Waals surface area contributed by atoms with Crippen LogP contribution in [0, 0.1) is 11.8 Å². The zero-order valence-corrected chi connectivity index (χ0v) is 24.9. The van der Waals surface area contributed by atoms with E-state index in [0.717, 1.165) is 67.6 Å². The van der Waals surface area contributed by atoms with Gasteiger partial charge in [0.05, 0.1) is 12.7 Å². The van der Waals surface area contributed by atoms with Gasteiger partial charge in [-0.1, -0.05) is 52.5 Å². The average Bonchev–Trinajstić information content (AvgIpc) is 2.89. The van der Waals surface area contributed by atoms with Crippen LogP contribution in [0.2, 0.25) is 0 Å². The van der Waals surface area contributed by atoms with Crippen molar-refractivity contribution in [3.05, 3.63) is 34.9 Å². The fourth-order valence-corrected chi connectivity index (χ4v) is 7.21. The number of aliphatic hydroxyl groups is 1. The summed E-state index contributed by atoms with van der Waals surface area (Å²) >= 11 is 0. The fourth-order valence-electron chi connectivity index (χ4n) is 7.21. The fraction of sp³-hybridized carbons (Fsp3) is 0.727. The largest absolute Gasteiger partial charge is 0.508 e. The number of phenols is 1. The molecule has 39 heavy (non-hydrogen) atoms. The molecule has 0 bridgehead atoms. The van der Waals surface area contributed by atoms with Gasteiger partial charge >= 0.3 is 0 Å². The van der Waals surface area contributed by atoms with Gasteiger partial charge in [0.1, 0.15) is 17.1 Å². The summed E-state index contributed by atoms with van der Waals surface area (Å²) < 4.78 is 11.6. The van der Waals surface area contributed by atoms with Crippen molar-refractivity contribution < 1.29 is 24.5 Å². The van der Waals surface area contributed by atoms with Crippen molar-refractivity contribution in [1.82, 2.24) is 4.90 Å². The molecule has 2 unspecified atom stereocenters. The van der Waals surface area contributed by atoms with Crippen LogP contribution < -0.4 is 4.74 Å². The third-order valence-corrected chi connectivity index (χ3v) is 9.63. The van der Waals surface area contributed by atoms with Crippen molar-refractivity contribution in [3.8, 4) is 11.5 Å². The van der Waals surface area contributed by atoms with Gasteiger partial charge in [0.25, 0.3) is 6.47 Å². The third kappa shape index (κ3) is 7.00. The summed E-state index contributed by atoms with van der Waals surface area (Å²) in [5.74, 6) is 1.81. The smallest absolute Gasteiger partial charge is 0.293 e. The van der Waals surface area contributed by atoms with Gasteiger partial charge in [-0.3, -0.25) is 4.79 Å². The Balaban J connectivity index is 1.50. The quantitative estimate of drug-likeness (QED) is 0.179. The molecule has 1 fully saturated rings. The molecular formula is C33H51NO5. The van der Waals surface area contributed by atoms with Crippen molar-refractivity contribution >= 4 is 6.47 Å². The van der Waals surface area contributed by atoms with E-state index in [1.807, 2.05) is 6.07 Å². The SMILES string of the molecule is CCCCCCC(C)(C)c1cc(O)c2c(c1)OC(C)(C)[C@@H]1CC=C(C(O)CN3CCC[C@H](COC=O)C3)CC21. The molecule has 0 aromatic heterocycles. The molecule has 2 aliphatic heterocycles. The van der Waals surface area contributed by atoms with Crippen LogP contribution in [0.25, 0.3) is 0 Å². The normalized spacial score (nSPS) is 25.6. The first kappa shape index (κ1) is 29.9. The molecule has 4 atom stereocenters. The molecule has 1 aliphatic carbocycles. The Labute approximate surface area is 235 Å². The lowest BCUT2D eigenvalue weighted by Crippen LogP contribution is -2.47. The molecule has 0 amide bonds. The lowest BCUT2D eigenvalue weighted by atomic mass is 9.66. The Morgan fingerprint density at radius 3 is 2.79 bits per heavy atom. The van der Waals surface area contributed by atoms with Crippen molar-refractivity contribution in [2.24, 2.45) is 11.8 Å². The highest BCUT2D eigenvalue weighted by Crippen LogP contribution is 2.55. The summed E-state index contributed by atoms with van der Waals surface area (Å²) in [6.45, 7) is 14.5. The van der Waals surface area contributed by atoms with E-state index in [1.165, 1.54) is 25.7 Å². The Morgan fingerprint density at radius 2 is 2.05 bits per heavy atom. The van der Waals surface area contributed by atoms with Gasteiger partial charge in [-0.25, -0.2) is 0 Å². The molecule has 6 nitrogen and oxygen atoms in total. The van der Waals surface area contributed by atoms with Gasteiger partial charge in [0.2, 0.25) is 0 Å². The number of likely N-dealkylation sites (tertiary alicyclic amines) is 1. The highest BCUT2D eigenvalue weighted by molar-refractivity contribution is 5.54. The van der Waals surface area contributed by atoms with Crippen molar-refractivity contribution in [2.75, 3.05) is 26.2 Å². The second-order valence-corrected chi connectivity index (χ2v) is 13.5. The summed E-state index contributed by atoms with van der Waals surface area (Å²) in [5, 5.41) is 22.7. The number of aromatic hydroxyl groups is 1. The number of fused-ring (bicyclic) bond motifs is 3. The van der Waals surface area contributed by atoms with Crippen LogP contribution in [0.4, 0.5) is 0 Å². The van der Waals surface area contributed by atoms with E-state index in [2.05, 4.69) is 51.7 Å². The Hall–Kier alpha value is -2.05. The molecule has 6 heteroatoms. The predicted molar refractivity (Wildman–Crippen MR) is 155 cm³/mol. The van der Waals surface area contributed by atoms with Gasteiger partial charge < -0.3 is 24.6 Å². The van der Waals surface area contributed by atoms with Crippen molar-refractivity contribution in [3.63, 3.8) is 0 Å². The van der Waals surface area contributed by atoms with Gasteiger partial charge in [-0.05, 0) is 81.2 Å². The van der Waals surface area contributed by atoms with Crippen LogP contribution in [0.1, 0.15) is 109 Å². The van der Waals surface area contributed by atoms with Crippen LogP contribution in [0.15, 0.2) is 23.8 Å². The van der Waals surface area contributed by atoms with Crippen LogP contribution in [-0.2, 0) is 14.9 Å². The minimum Gasteiger partial charge on any atom is -0.508 e. The first-order valence-corrected chi connectivity index (χ1v) is 15.3. The number of allylic oxidation sites excluding steroid dienone is 1. The number of nitrogens with zero attached hydrogens (tertiary/aromatic N) is 1. The number of phenolic OH excluding ortho intramolecular Hbond substituents is 1. The standard InChI is InChI=1S/C33H51NO5/c1-6-7-8-9-14-32(2,3)25-17-28(36)31-26-16-24(12-13-27(26)33(4,5)39-30(31)18-25)29(37)20-34-15-10-11-23(19-34)21-38-22-35/h12,17-18,22-23,26-27,29,36-37H,6-11,13-16,19-21H2,1-5H3/t23-,26?,27+,29?/m0/s1. The molecule has 1 aromatic carbocycles. The molecule has 1 aromatic rings. The summed E-state index contributed by atoms with van der Waals surface area (Å²) in [7, 11) is 0. The monoisotopic (exact) mass is 541 g/mol. The Bertz CT molecular complexity index is 1020. The van der Waals surface area contributed by atoms with Crippen LogP contribution in [-0.4, -0.2) is 59.5 Å². The van der Waals surface area contributed by atoms with Crippen LogP contribution in [0.5, 0.6) is 11.5 Å². The van der Waals surface area contributed by atoms with E-state index >= 15 is 0 Å². The number of benzene rings is 1. The lowest BCUT2D eigenvalue weighted by molar-refractivity contribution is -0.130. The van der Waals surface area contributed by atoms with E-state index in [1.54, 1.807) is 0 Å². The maximum atomic E-state index is 11.4. The second kappa shape index (κ2) is 12.6. The second-order valence-electron chi connectivity index (χ2n) is 13.5. The maximum absolute atomic E-state index is 11.4. The molecule has 1 saturated heterocycles. The minimum absolute atomic E-state index is 0.0402. The highest BCUT2D eigenvalue weighted by atomic mass is 16.5. The number of piperidine rings is 1. The van der Waals surface area contributed by atoms with E-state index < -0.39 is 6.10 Å². The third-order valence-electron chi connectivity index (χ3n) is 9.63. The van der Waals surface area contributed by atoms with Gasteiger partial charge in [-0.15, -0.1) is 0 Å². The molecule has 2 N–H and O–H groups in total. The zero-order valence-electron chi connectivity index (χ0n) is 24.9. The van der Waals surface area contributed by atoms with Gasteiger partial charge in [0.15, 0.2) is 0 Å². The zero-order chi connectivity index (χ0) is 28.2.